The molecule has 0 N–H and O–H groups in total. The molecular weight excluding hydrogens is 208 g/mol. The molecule has 0 radical (unpaired) electrons. The van der Waals surface area contributed by atoms with Gasteiger partial charge in [-0.25, -0.2) is 0 Å². The van der Waals surface area contributed by atoms with E-state index in [9.17, 15) is 0 Å². The van der Waals surface area contributed by atoms with Gasteiger partial charge in [0.2, 0.25) is 0 Å². The Kier molecular flexibility index (Phi) is 4.58. The van der Waals surface area contributed by atoms with Crippen LogP contribution in [0.25, 0.3) is 0 Å². The van der Waals surface area contributed by atoms with Crippen LogP contribution < -0.4 is 0 Å². The minimum Gasteiger partial charge on any atom is -0.299 e. The summed E-state index contributed by atoms with van der Waals surface area (Å²) in [5.41, 5.74) is 1.38. The highest BCUT2D eigenvalue weighted by Crippen LogP contribution is 2.20. The van der Waals surface area contributed by atoms with Gasteiger partial charge in [0.15, 0.2) is 0 Å². The number of likely N-dealkylation sites (tertiary alicyclic amines) is 1. The van der Waals surface area contributed by atoms with Crippen LogP contribution in [-0.2, 0) is 6.54 Å². The van der Waals surface area contributed by atoms with Gasteiger partial charge in [0.05, 0.1) is 6.07 Å². The first kappa shape index (κ1) is 12.1. The second-order valence-corrected chi connectivity index (χ2v) is 4.94. The molecule has 0 spiro atoms. The van der Waals surface area contributed by atoms with Gasteiger partial charge < -0.3 is 0 Å². The van der Waals surface area contributed by atoms with E-state index in [1.807, 2.05) is 0 Å². The van der Waals surface area contributed by atoms with Crippen LogP contribution >= 0.6 is 0 Å². The quantitative estimate of drug-likeness (QED) is 0.794. The molecule has 0 aliphatic carbocycles. The molecule has 17 heavy (non-hydrogen) atoms. The van der Waals surface area contributed by atoms with Crippen molar-refractivity contribution in [2.24, 2.45) is 5.92 Å². The van der Waals surface area contributed by atoms with E-state index in [1.165, 1.54) is 31.4 Å². The van der Waals surface area contributed by atoms with Crippen molar-refractivity contribution in [2.45, 2.75) is 32.2 Å². The average molecular weight is 228 g/mol. The molecule has 90 valence electrons. The molecule has 0 amide bonds. The lowest BCUT2D eigenvalue weighted by Crippen LogP contribution is -2.27. The van der Waals surface area contributed by atoms with Crippen LogP contribution in [-0.4, -0.2) is 18.0 Å². The van der Waals surface area contributed by atoms with E-state index in [-0.39, 0.29) is 0 Å². The molecule has 0 aromatic heterocycles. The van der Waals surface area contributed by atoms with Gasteiger partial charge in [-0.2, -0.15) is 5.26 Å². The summed E-state index contributed by atoms with van der Waals surface area (Å²) in [4.78, 5) is 2.50. The van der Waals surface area contributed by atoms with Gasteiger partial charge in [-0.1, -0.05) is 36.8 Å². The maximum atomic E-state index is 8.82. The highest BCUT2D eigenvalue weighted by molar-refractivity contribution is 5.14. The predicted octanol–water partition coefficient (Wildman–Crippen LogP) is 3.20. The zero-order valence-electron chi connectivity index (χ0n) is 10.3. The lowest BCUT2D eigenvalue weighted by atomic mass is 10.0. The van der Waals surface area contributed by atoms with E-state index in [2.05, 4.69) is 41.3 Å². The summed E-state index contributed by atoms with van der Waals surface area (Å²) in [5, 5.41) is 8.82. The fourth-order valence-corrected chi connectivity index (χ4v) is 2.60. The van der Waals surface area contributed by atoms with E-state index in [4.69, 9.17) is 5.26 Å². The summed E-state index contributed by atoms with van der Waals surface area (Å²) < 4.78 is 0. The van der Waals surface area contributed by atoms with Crippen LogP contribution in [0.2, 0.25) is 0 Å². The molecule has 1 aliphatic rings. The highest BCUT2D eigenvalue weighted by Gasteiger charge is 2.17. The molecule has 1 fully saturated rings. The maximum Gasteiger partial charge on any atom is 0.0625 e. The van der Waals surface area contributed by atoms with Gasteiger partial charge in [0.25, 0.3) is 0 Å². The Bertz CT molecular complexity index is 366. The standard InChI is InChI=1S/C15H20N2/c16-10-9-15-8-4-5-11-17(13-15)12-14-6-2-1-3-7-14/h1-3,6-7,15H,4-5,8-9,11-13H2. The van der Waals surface area contributed by atoms with E-state index in [0.29, 0.717) is 12.3 Å². The molecule has 1 aliphatic heterocycles. The van der Waals surface area contributed by atoms with E-state index in [0.717, 1.165) is 13.1 Å². The van der Waals surface area contributed by atoms with Crippen molar-refractivity contribution in [3.63, 3.8) is 0 Å². The van der Waals surface area contributed by atoms with Gasteiger partial charge >= 0.3 is 0 Å². The van der Waals surface area contributed by atoms with Crippen molar-refractivity contribution in [2.75, 3.05) is 13.1 Å². The van der Waals surface area contributed by atoms with E-state index >= 15 is 0 Å². The Balaban J connectivity index is 1.93. The Morgan fingerprint density at radius 2 is 2.06 bits per heavy atom. The van der Waals surface area contributed by atoms with Crippen molar-refractivity contribution in [1.82, 2.24) is 4.90 Å². The monoisotopic (exact) mass is 228 g/mol. The number of rotatable bonds is 3. The van der Waals surface area contributed by atoms with Crippen LogP contribution in [0.4, 0.5) is 0 Å². The van der Waals surface area contributed by atoms with Crippen molar-refractivity contribution >= 4 is 0 Å². The van der Waals surface area contributed by atoms with Crippen molar-refractivity contribution in [3.05, 3.63) is 35.9 Å². The fourth-order valence-electron chi connectivity index (χ4n) is 2.60. The Morgan fingerprint density at radius 3 is 2.82 bits per heavy atom. The third-order valence-corrected chi connectivity index (χ3v) is 3.48. The van der Waals surface area contributed by atoms with Crippen molar-refractivity contribution in [1.29, 1.82) is 5.26 Å². The largest absolute Gasteiger partial charge is 0.299 e. The first-order chi connectivity index (χ1) is 8.38. The highest BCUT2D eigenvalue weighted by atomic mass is 15.1. The minimum atomic E-state index is 0.575. The number of nitriles is 1. The topological polar surface area (TPSA) is 27.0 Å². The summed E-state index contributed by atoms with van der Waals surface area (Å²) in [7, 11) is 0. The molecular formula is C15H20N2. The van der Waals surface area contributed by atoms with Crippen molar-refractivity contribution in [3.8, 4) is 6.07 Å². The van der Waals surface area contributed by atoms with Crippen molar-refractivity contribution < 1.29 is 0 Å². The summed E-state index contributed by atoms with van der Waals surface area (Å²) in [6.45, 7) is 3.29. The molecule has 2 heteroatoms. The molecule has 1 aromatic rings. The molecule has 1 aromatic carbocycles. The fraction of sp³-hybridized carbons (Fsp3) is 0.533. The number of benzene rings is 1. The summed E-state index contributed by atoms with van der Waals surface area (Å²) in [6.07, 6.45) is 4.48. The van der Waals surface area contributed by atoms with Gasteiger partial charge in [0, 0.05) is 19.5 Å². The lowest BCUT2D eigenvalue weighted by molar-refractivity contribution is 0.242. The molecule has 1 heterocycles. The predicted molar refractivity (Wildman–Crippen MR) is 69.3 cm³/mol. The summed E-state index contributed by atoms with van der Waals surface area (Å²) in [6, 6.07) is 12.9. The zero-order valence-corrected chi connectivity index (χ0v) is 10.3. The van der Waals surface area contributed by atoms with Gasteiger partial charge in [0.1, 0.15) is 0 Å². The molecule has 1 saturated heterocycles. The van der Waals surface area contributed by atoms with Crippen LogP contribution in [0, 0.1) is 17.2 Å². The third-order valence-electron chi connectivity index (χ3n) is 3.48. The summed E-state index contributed by atoms with van der Waals surface area (Å²) in [5.74, 6) is 0.575. The molecule has 1 unspecified atom stereocenters. The first-order valence-electron chi connectivity index (χ1n) is 6.51. The number of hydrogen-bond acceptors (Lipinski definition) is 2. The van der Waals surface area contributed by atoms with Gasteiger partial charge in [-0.15, -0.1) is 0 Å². The van der Waals surface area contributed by atoms with E-state index in [1.54, 1.807) is 0 Å². The lowest BCUT2D eigenvalue weighted by Gasteiger charge is -2.23. The summed E-state index contributed by atoms with van der Waals surface area (Å²) >= 11 is 0. The Morgan fingerprint density at radius 1 is 1.24 bits per heavy atom. The second-order valence-electron chi connectivity index (χ2n) is 4.94. The van der Waals surface area contributed by atoms with E-state index < -0.39 is 0 Å². The van der Waals surface area contributed by atoms with Crippen LogP contribution in [0.15, 0.2) is 30.3 Å². The third kappa shape index (κ3) is 3.87. The minimum absolute atomic E-state index is 0.575. The molecule has 1 atom stereocenters. The molecule has 2 rings (SSSR count). The SMILES string of the molecule is N#CCC1CCCCN(Cc2ccccc2)C1. The van der Waals surface area contributed by atoms with Gasteiger partial charge in [-0.05, 0) is 30.9 Å². The number of nitrogens with zero attached hydrogens (tertiary/aromatic N) is 2. The maximum absolute atomic E-state index is 8.82. The molecule has 0 bridgehead atoms. The zero-order chi connectivity index (χ0) is 11.9. The first-order valence-corrected chi connectivity index (χ1v) is 6.51. The Hall–Kier alpha value is -1.33. The van der Waals surface area contributed by atoms with Gasteiger partial charge in [-0.3, -0.25) is 4.90 Å². The molecule has 2 nitrogen and oxygen atoms in total. The van der Waals surface area contributed by atoms with Crippen LogP contribution in [0.3, 0.4) is 0 Å². The molecule has 0 saturated carbocycles. The Labute approximate surface area is 104 Å². The van der Waals surface area contributed by atoms with Crippen LogP contribution in [0.1, 0.15) is 31.2 Å². The number of hydrogen-bond donors (Lipinski definition) is 0. The average Bonchev–Trinajstić information content (AvgIpc) is 2.56. The van der Waals surface area contributed by atoms with Crippen LogP contribution in [0.5, 0.6) is 0 Å². The normalized spacial score (nSPS) is 21.7. The smallest absolute Gasteiger partial charge is 0.0625 e. The second kappa shape index (κ2) is 6.42.